The molecular weight excluding hydrogens is 252 g/mol. The smallest absolute Gasteiger partial charge is 0.163 e. The number of hydrogen-bond donors (Lipinski definition) is 1. The summed E-state index contributed by atoms with van der Waals surface area (Å²) in [5.41, 5.74) is 0.0609. The van der Waals surface area contributed by atoms with Crippen molar-refractivity contribution in [2.24, 2.45) is 7.05 Å². The summed E-state index contributed by atoms with van der Waals surface area (Å²) in [4.78, 5) is 0. The van der Waals surface area contributed by atoms with Crippen LogP contribution >= 0.6 is 11.6 Å². The lowest BCUT2D eigenvalue weighted by atomic mass is 9.92. The number of ether oxygens (including phenoxy) is 1. The number of aromatic nitrogens is 2. The van der Waals surface area contributed by atoms with Gasteiger partial charge in [-0.2, -0.15) is 5.10 Å². The van der Waals surface area contributed by atoms with Gasteiger partial charge in [0.25, 0.3) is 0 Å². The molecular formula is C13H15ClN2O2. The van der Waals surface area contributed by atoms with Crippen LogP contribution in [0.3, 0.4) is 0 Å². The minimum atomic E-state index is -1.22. The molecule has 0 aliphatic carbocycles. The standard InChI is InChI=1S/C13H15ClN2O2/c1-13(17,9-5-4-6-10(14)7-9)12-11(18-3)8-15-16(12)2/h4-8,17H,1-3H3. The highest BCUT2D eigenvalue weighted by Gasteiger charge is 2.32. The summed E-state index contributed by atoms with van der Waals surface area (Å²) in [7, 11) is 3.31. The number of rotatable bonds is 3. The molecule has 4 nitrogen and oxygen atoms in total. The predicted molar refractivity (Wildman–Crippen MR) is 69.9 cm³/mol. The van der Waals surface area contributed by atoms with Crippen LogP contribution in [-0.4, -0.2) is 22.0 Å². The minimum Gasteiger partial charge on any atom is -0.493 e. The number of hydrogen-bond acceptors (Lipinski definition) is 3. The SMILES string of the molecule is COc1cnn(C)c1C(C)(O)c1cccc(Cl)c1. The first kappa shape index (κ1) is 12.9. The molecule has 0 aliphatic heterocycles. The summed E-state index contributed by atoms with van der Waals surface area (Å²) >= 11 is 5.96. The minimum absolute atomic E-state index is 0.544. The third-order valence-corrected chi connectivity index (χ3v) is 3.21. The van der Waals surface area contributed by atoms with Gasteiger partial charge in [-0.15, -0.1) is 0 Å². The Labute approximate surface area is 111 Å². The van der Waals surface area contributed by atoms with E-state index >= 15 is 0 Å². The van der Waals surface area contributed by atoms with Crippen LogP contribution < -0.4 is 4.74 Å². The summed E-state index contributed by atoms with van der Waals surface area (Å²) in [6, 6.07) is 7.11. The van der Waals surface area contributed by atoms with Crippen molar-refractivity contribution in [3.05, 3.63) is 46.7 Å². The number of aliphatic hydroxyl groups is 1. The Bertz CT molecular complexity index is 564. The first-order valence-corrected chi connectivity index (χ1v) is 5.89. The predicted octanol–water partition coefficient (Wildman–Crippen LogP) is 2.34. The monoisotopic (exact) mass is 266 g/mol. The van der Waals surface area contributed by atoms with Crippen LogP contribution in [0, 0.1) is 0 Å². The van der Waals surface area contributed by atoms with E-state index in [0.29, 0.717) is 22.0 Å². The highest BCUT2D eigenvalue weighted by atomic mass is 35.5. The number of halogens is 1. The van der Waals surface area contributed by atoms with Crippen molar-refractivity contribution in [2.75, 3.05) is 7.11 Å². The maximum atomic E-state index is 10.8. The second kappa shape index (κ2) is 4.63. The van der Waals surface area contributed by atoms with Gasteiger partial charge in [-0.05, 0) is 24.6 Å². The Balaban J connectivity index is 2.57. The third kappa shape index (κ3) is 2.09. The topological polar surface area (TPSA) is 47.3 Å². The molecule has 2 aromatic rings. The largest absolute Gasteiger partial charge is 0.493 e. The fraction of sp³-hybridized carbons (Fsp3) is 0.308. The van der Waals surface area contributed by atoms with E-state index in [1.807, 2.05) is 6.07 Å². The number of aryl methyl sites for hydroxylation is 1. The van der Waals surface area contributed by atoms with Crippen molar-refractivity contribution in [1.82, 2.24) is 9.78 Å². The number of benzene rings is 1. The maximum Gasteiger partial charge on any atom is 0.163 e. The van der Waals surface area contributed by atoms with Gasteiger partial charge in [-0.3, -0.25) is 4.68 Å². The fourth-order valence-electron chi connectivity index (χ4n) is 2.05. The molecule has 1 heterocycles. The maximum absolute atomic E-state index is 10.8. The summed E-state index contributed by atoms with van der Waals surface area (Å²) in [6.07, 6.45) is 1.58. The van der Waals surface area contributed by atoms with Crippen LogP contribution in [0.2, 0.25) is 5.02 Å². The Morgan fingerprint density at radius 2 is 2.17 bits per heavy atom. The molecule has 1 aromatic carbocycles. The van der Waals surface area contributed by atoms with Crippen LogP contribution in [0.1, 0.15) is 18.2 Å². The molecule has 0 radical (unpaired) electrons. The van der Waals surface area contributed by atoms with Gasteiger partial charge in [0, 0.05) is 12.1 Å². The molecule has 0 spiro atoms. The van der Waals surface area contributed by atoms with Crippen molar-refractivity contribution >= 4 is 11.6 Å². The third-order valence-electron chi connectivity index (χ3n) is 2.97. The molecule has 1 aromatic heterocycles. The molecule has 0 fully saturated rings. The van der Waals surface area contributed by atoms with Gasteiger partial charge < -0.3 is 9.84 Å². The van der Waals surface area contributed by atoms with Crippen molar-refractivity contribution in [2.45, 2.75) is 12.5 Å². The highest BCUT2D eigenvalue weighted by molar-refractivity contribution is 6.30. The summed E-state index contributed by atoms with van der Waals surface area (Å²) < 4.78 is 6.82. The first-order chi connectivity index (χ1) is 8.46. The molecule has 1 unspecified atom stereocenters. The normalized spacial score (nSPS) is 14.3. The van der Waals surface area contributed by atoms with E-state index in [1.165, 1.54) is 0 Å². The summed E-state index contributed by atoms with van der Waals surface area (Å²) in [5.74, 6) is 0.544. The second-order valence-electron chi connectivity index (χ2n) is 4.27. The molecule has 2 rings (SSSR count). The zero-order chi connectivity index (χ0) is 13.3. The quantitative estimate of drug-likeness (QED) is 0.928. The first-order valence-electron chi connectivity index (χ1n) is 5.51. The van der Waals surface area contributed by atoms with Crippen LogP contribution in [0.25, 0.3) is 0 Å². The van der Waals surface area contributed by atoms with E-state index in [1.54, 1.807) is 50.2 Å². The molecule has 0 saturated carbocycles. The number of methoxy groups -OCH3 is 1. The lowest BCUT2D eigenvalue weighted by Gasteiger charge is -2.25. The molecule has 0 aliphatic rings. The Morgan fingerprint density at radius 3 is 2.78 bits per heavy atom. The summed E-state index contributed by atoms with van der Waals surface area (Å²) in [5, 5.41) is 15.4. The van der Waals surface area contributed by atoms with Crippen molar-refractivity contribution < 1.29 is 9.84 Å². The lowest BCUT2D eigenvalue weighted by Crippen LogP contribution is -2.26. The van der Waals surface area contributed by atoms with Gasteiger partial charge >= 0.3 is 0 Å². The average molecular weight is 267 g/mol. The molecule has 0 bridgehead atoms. The van der Waals surface area contributed by atoms with Crippen LogP contribution in [0.4, 0.5) is 0 Å². The van der Waals surface area contributed by atoms with E-state index in [-0.39, 0.29) is 0 Å². The zero-order valence-electron chi connectivity index (χ0n) is 10.5. The van der Waals surface area contributed by atoms with Gasteiger partial charge in [-0.1, -0.05) is 23.7 Å². The molecule has 0 amide bonds. The molecule has 5 heteroatoms. The highest BCUT2D eigenvalue weighted by Crippen LogP contribution is 2.35. The molecule has 18 heavy (non-hydrogen) atoms. The van der Waals surface area contributed by atoms with Crippen LogP contribution in [0.15, 0.2) is 30.5 Å². The molecule has 0 saturated heterocycles. The average Bonchev–Trinajstić information content (AvgIpc) is 2.71. The Kier molecular flexibility index (Phi) is 3.32. The van der Waals surface area contributed by atoms with Crippen molar-refractivity contribution in [3.8, 4) is 5.75 Å². The van der Waals surface area contributed by atoms with Gasteiger partial charge in [0.15, 0.2) is 5.75 Å². The number of nitrogens with zero attached hydrogens (tertiary/aromatic N) is 2. The van der Waals surface area contributed by atoms with Crippen LogP contribution in [0.5, 0.6) is 5.75 Å². The Morgan fingerprint density at radius 1 is 1.44 bits per heavy atom. The fourth-order valence-corrected chi connectivity index (χ4v) is 2.24. The molecule has 1 N–H and O–H groups in total. The van der Waals surface area contributed by atoms with E-state index in [2.05, 4.69) is 5.10 Å². The Hall–Kier alpha value is -1.52. The zero-order valence-corrected chi connectivity index (χ0v) is 11.3. The summed E-state index contributed by atoms with van der Waals surface area (Å²) in [6.45, 7) is 1.69. The van der Waals surface area contributed by atoms with E-state index in [9.17, 15) is 5.11 Å². The van der Waals surface area contributed by atoms with E-state index in [4.69, 9.17) is 16.3 Å². The van der Waals surface area contributed by atoms with Gasteiger partial charge in [0.05, 0.1) is 13.3 Å². The van der Waals surface area contributed by atoms with Gasteiger partial charge in [0.1, 0.15) is 11.3 Å². The van der Waals surface area contributed by atoms with E-state index < -0.39 is 5.60 Å². The van der Waals surface area contributed by atoms with Crippen LogP contribution in [-0.2, 0) is 12.6 Å². The van der Waals surface area contributed by atoms with Crippen molar-refractivity contribution in [1.29, 1.82) is 0 Å². The van der Waals surface area contributed by atoms with Gasteiger partial charge in [0.2, 0.25) is 0 Å². The molecule has 1 atom stereocenters. The second-order valence-corrected chi connectivity index (χ2v) is 4.70. The van der Waals surface area contributed by atoms with Crippen molar-refractivity contribution in [3.63, 3.8) is 0 Å². The molecule has 96 valence electrons. The lowest BCUT2D eigenvalue weighted by molar-refractivity contribution is 0.0897. The van der Waals surface area contributed by atoms with E-state index in [0.717, 1.165) is 0 Å². The van der Waals surface area contributed by atoms with Gasteiger partial charge in [-0.25, -0.2) is 0 Å².